The van der Waals surface area contributed by atoms with E-state index in [9.17, 15) is 4.79 Å². The predicted molar refractivity (Wildman–Crippen MR) is 81.0 cm³/mol. The summed E-state index contributed by atoms with van der Waals surface area (Å²) in [4.78, 5) is 20.2. The number of halogens is 1. The Morgan fingerprint density at radius 3 is 2.44 bits per heavy atom. The molecule has 0 unspecified atom stereocenters. The van der Waals surface area contributed by atoms with Crippen molar-refractivity contribution in [1.82, 2.24) is 9.97 Å². The molecule has 0 saturated heterocycles. The van der Waals surface area contributed by atoms with Crippen LogP contribution in [0.4, 0.5) is 0 Å². The van der Waals surface area contributed by atoms with Crippen LogP contribution in [-0.2, 0) is 0 Å². The second-order valence-corrected chi connectivity index (χ2v) is 5.95. The lowest BCUT2D eigenvalue weighted by atomic mass is 10.2. The fourth-order valence-electron chi connectivity index (χ4n) is 1.30. The number of Topliss-reactive ketones (excluding diaryl/α,β-unsaturated/α-hetero) is 1. The van der Waals surface area contributed by atoms with E-state index in [4.69, 9.17) is 0 Å². The number of carbonyl (C=O) groups excluding carboxylic acids is 1. The van der Waals surface area contributed by atoms with E-state index in [1.165, 1.54) is 11.8 Å². The van der Waals surface area contributed by atoms with E-state index in [1.807, 2.05) is 31.2 Å². The number of aryl methyl sites for hydroxylation is 1. The van der Waals surface area contributed by atoms with Crippen LogP contribution in [-0.4, -0.2) is 21.5 Å². The third-order valence-corrected chi connectivity index (χ3v) is 3.85. The van der Waals surface area contributed by atoms with E-state index in [1.54, 1.807) is 12.4 Å². The molecule has 0 saturated carbocycles. The fourth-order valence-corrected chi connectivity index (χ4v) is 2.35. The molecule has 5 heteroatoms. The van der Waals surface area contributed by atoms with Gasteiger partial charge in [-0.25, -0.2) is 9.97 Å². The first-order chi connectivity index (χ1) is 8.65. The third kappa shape index (κ3) is 3.78. The number of nitrogens with zero attached hydrogens (tertiary/aromatic N) is 2. The van der Waals surface area contributed by atoms with E-state index in [-0.39, 0.29) is 5.78 Å². The van der Waals surface area contributed by atoms with Crippen LogP contribution in [0.3, 0.4) is 0 Å². The molecular weight excluding hydrogens is 359 g/mol. The van der Waals surface area contributed by atoms with Gasteiger partial charge in [0.15, 0.2) is 10.9 Å². The van der Waals surface area contributed by atoms with Crippen LogP contribution >= 0.6 is 34.4 Å². The second kappa shape index (κ2) is 6.29. The van der Waals surface area contributed by atoms with Crippen LogP contribution < -0.4 is 0 Å². The Kier molecular flexibility index (Phi) is 4.71. The van der Waals surface area contributed by atoms with Crippen molar-refractivity contribution in [3.63, 3.8) is 0 Å². The smallest absolute Gasteiger partial charge is 0.187 e. The summed E-state index contributed by atoms with van der Waals surface area (Å²) in [6, 6.07) is 7.56. The summed E-state index contributed by atoms with van der Waals surface area (Å²) in [6.07, 6.45) is 3.51. The van der Waals surface area contributed by atoms with Crippen LogP contribution in [0.25, 0.3) is 0 Å². The van der Waals surface area contributed by atoms with Crippen LogP contribution in [0.1, 0.15) is 15.9 Å². The second-order valence-electron chi connectivity index (χ2n) is 3.76. The van der Waals surface area contributed by atoms with Gasteiger partial charge in [-0.3, -0.25) is 4.79 Å². The lowest BCUT2D eigenvalue weighted by molar-refractivity contribution is 0.102. The Labute approximate surface area is 124 Å². The number of thioether (sulfide) groups is 1. The van der Waals surface area contributed by atoms with Crippen molar-refractivity contribution < 1.29 is 4.79 Å². The molecule has 1 aromatic carbocycles. The molecule has 0 spiro atoms. The van der Waals surface area contributed by atoms with E-state index >= 15 is 0 Å². The Hall–Kier alpha value is -0.950. The van der Waals surface area contributed by atoms with Crippen molar-refractivity contribution in [3.05, 3.63) is 51.4 Å². The van der Waals surface area contributed by atoms with Gasteiger partial charge in [-0.1, -0.05) is 23.9 Å². The average molecular weight is 370 g/mol. The molecule has 0 radical (unpaired) electrons. The summed E-state index contributed by atoms with van der Waals surface area (Å²) >= 11 is 3.58. The normalized spacial score (nSPS) is 10.3. The summed E-state index contributed by atoms with van der Waals surface area (Å²) < 4.78 is 1.12. The van der Waals surface area contributed by atoms with Gasteiger partial charge in [0.1, 0.15) is 0 Å². The molecule has 0 fully saturated rings. The molecule has 3 nitrogen and oxygen atoms in total. The first kappa shape index (κ1) is 13.5. The number of carbonyl (C=O) groups is 1. The number of rotatable bonds is 4. The quantitative estimate of drug-likeness (QED) is 0.358. The van der Waals surface area contributed by atoms with Crippen molar-refractivity contribution in [2.24, 2.45) is 0 Å². The maximum Gasteiger partial charge on any atom is 0.187 e. The molecule has 0 aliphatic heterocycles. The van der Waals surface area contributed by atoms with Crippen LogP contribution in [0.2, 0.25) is 0 Å². The van der Waals surface area contributed by atoms with Gasteiger partial charge >= 0.3 is 0 Å². The molecule has 1 aromatic heterocycles. The first-order valence-corrected chi connectivity index (χ1v) is 7.42. The van der Waals surface area contributed by atoms with Gasteiger partial charge in [0.05, 0.1) is 5.75 Å². The molecular formula is C13H11IN2OS. The molecule has 1 heterocycles. The lowest BCUT2D eigenvalue weighted by Crippen LogP contribution is -2.03. The molecule has 0 N–H and O–H groups in total. The highest BCUT2D eigenvalue weighted by Gasteiger charge is 2.07. The first-order valence-electron chi connectivity index (χ1n) is 5.35. The Morgan fingerprint density at radius 2 is 1.83 bits per heavy atom. The number of benzene rings is 1. The zero-order chi connectivity index (χ0) is 13.0. The lowest BCUT2D eigenvalue weighted by Gasteiger charge is -2.01. The Bertz CT molecular complexity index is 540. The Morgan fingerprint density at radius 1 is 1.22 bits per heavy atom. The molecule has 0 atom stereocenters. The highest BCUT2D eigenvalue weighted by Crippen LogP contribution is 2.15. The van der Waals surface area contributed by atoms with Crippen molar-refractivity contribution in [1.29, 1.82) is 0 Å². The van der Waals surface area contributed by atoms with Gasteiger partial charge < -0.3 is 0 Å². The number of hydrogen-bond donors (Lipinski definition) is 0. The zero-order valence-corrected chi connectivity index (χ0v) is 12.7. The van der Waals surface area contributed by atoms with Gasteiger partial charge in [0.25, 0.3) is 0 Å². The van der Waals surface area contributed by atoms with Crippen molar-refractivity contribution >= 4 is 40.1 Å². The molecule has 2 rings (SSSR count). The van der Waals surface area contributed by atoms with E-state index in [2.05, 4.69) is 32.6 Å². The van der Waals surface area contributed by atoms with Gasteiger partial charge in [0.2, 0.25) is 0 Å². The minimum absolute atomic E-state index is 0.0978. The maximum absolute atomic E-state index is 11.9. The number of aromatic nitrogens is 2. The zero-order valence-electron chi connectivity index (χ0n) is 9.76. The monoisotopic (exact) mass is 370 g/mol. The summed E-state index contributed by atoms with van der Waals surface area (Å²) in [5.74, 6) is 0.462. The van der Waals surface area contributed by atoms with E-state index < -0.39 is 0 Å². The van der Waals surface area contributed by atoms with E-state index in [0.717, 1.165) is 14.7 Å². The molecule has 0 amide bonds. The standard InChI is InChI=1S/C13H11IN2OS/c1-9-6-15-13(16-7-9)18-8-12(17)10-2-4-11(14)5-3-10/h2-7H,8H2,1H3. The molecule has 18 heavy (non-hydrogen) atoms. The number of hydrogen-bond acceptors (Lipinski definition) is 4. The molecule has 92 valence electrons. The molecule has 2 aromatic rings. The third-order valence-electron chi connectivity index (χ3n) is 2.26. The summed E-state index contributed by atoms with van der Waals surface area (Å²) in [5.41, 5.74) is 1.75. The topological polar surface area (TPSA) is 42.9 Å². The Balaban J connectivity index is 1.96. The summed E-state index contributed by atoms with van der Waals surface area (Å²) in [7, 11) is 0. The summed E-state index contributed by atoms with van der Waals surface area (Å²) in [5, 5.41) is 0.638. The summed E-state index contributed by atoms with van der Waals surface area (Å²) in [6.45, 7) is 1.94. The largest absolute Gasteiger partial charge is 0.293 e. The van der Waals surface area contributed by atoms with E-state index in [0.29, 0.717) is 10.9 Å². The molecule has 0 aliphatic carbocycles. The minimum Gasteiger partial charge on any atom is -0.293 e. The minimum atomic E-state index is 0.0978. The predicted octanol–water partition coefficient (Wildman–Crippen LogP) is 3.36. The van der Waals surface area contributed by atoms with Gasteiger partial charge in [-0.05, 0) is 47.2 Å². The van der Waals surface area contributed by atoms with Crippen molar-refractivity contribution in [3.8, 4) is 0 Å². The number of ketones is 1. The van der Waals surface area contributed by atoms with Gasteiger partial charge in [-0.2, -0.15) is 0 Å². The average Bonchev–Trinajstić information content (AvgIpc) is 2.38. The SMILES string of the molecule is Cc1cnc(SCC(=O)c2ccc(I)cc2)nc1. The molecule has 0 bridgehead atoms. The van der Waals surface area contributed by atoms with Gasteiger partial charge in [-0.15, -0.1) is 0 Å². The highest BCUT2D eigenvalue weighted by molar-refractivity contribution is 14.1. The van der Waals surface area contributed by atoms with Crippen molar-refractivity contribution in [2.45, 2.75) is 12.1 Å². The highest BCUT2D eigenvalue weighted by atomic mass is 127. The maximum atomic E-state index is 11.9. The molecule has 0 aliphatic rings. The fraction of sp³-hybridized carbons (Fsp3) is 0.154. The van der Waals surface area contributed by atoms with Crippen molar-refractivity contribution in [2.75, 3.05) is 5.75 Å². The van der Waals surface area contributed by atoms with Crippen LogP contribution in [0.5, 0.6) is 0 Å². The van der Waals surface area contributed by atoms with Gasteiger partial charge in [0, 0.05) is 21.5 Å². The van der Waals surface area contributed by atoms with Crippen LogP contribution in [0.15, 0.2) is 41.8 Å². The van der Waals surface area contributed by atoms with Crippen LogP contribution in [0, 0.1) is 10.5 Å².